The SMILES string of the molecule is CN(C)CC(C)(C)CN1CCn2nc(C(O)CC(=O)N(C)C)cc2C1. The molecule has 0 spiro atoms. The van der Waals surface area contributed by atoms with E-state index in [1.807, 2.05) is 10.7 Å². The largest absolute Gasteiger partial charge is 0.386 e. The van der Waals surface area contributed by atoms with E-state index in [1.165, 1.54) is 4.90 Å². The minimum Gasteiger partial charge on any atom is -0.386 e. The molecule has 0 fully saturated rings. The Kier molecular flexibility index (Phi) is 6.24. The maximum atomic E-state index is 11.8. The fourth-order valence-electron chi connectivity index (χ4n) is 3.60. The number of fused-ring (bicyclic) bond motifs is 1. The molecule has 0 radical (unpaired) electrons. The number of aromatic nitrogens is 2. The zero-order valence-corrected chi connectivity index (χ0v) is 16.5. The number of carbonyl (C=O) groups excluding carboxylic acids is 1. The summed E-state index contributed by atoms with van der Waals surface area (Å²) in [7, 11) is 7.60. The molecule has 7 heteroatoms. The van der Waals surface area contributed by atoms with Crippen LogP contribution in [0.25, 0.3) is 0 Å². The molecule has 0 aromatic carbocycles. The normalized spacial score (nSPS) is 16.8. The Morgan fingerprint density at radius 3 is 2.60 bits per heavy atom. The van der Waals surface area contributed by atoms with Gasteiger partial charge < -0.3 is 14.9 Å². The van der Waals surface area contributed by atoms with Crippen LogP contribution in [-0.2, 0) is 17.9 Å². The van der Waals surface area contributed by atoms with Gasteiger partial charge in [-0.3, -0.25) is 14.4 Å². The molecule has 7 nitrogen and oxygen atoms in total. The zero-order valence-electron chi connectivity index (χ0n) is 16.5. The highest BCUT2D eigenvalue weighted by Gasteiger charge is 2.27. The molecule has 1 aromatic heterocycles. The van der Waals surface area contributed by atoms with E-state index in [9.17, 15) is 9.90 Å². The quantitative estimate of drug-likeness (QED) is 0.787. The summed E-state index contributed by atoms with van der Waals surface area (Å²) in [6.45, 7) is 9.26. The molecule has 2 rings (SSSR count). The Morgan fingerprint density at radius 2 is 2.00 bits per heavy atom. The molecule has 1 amide bonds. The lowest BCUT2D eigenvalue weighted by atomic mass is 9.92. The third kappa shape index (κ3) is 5.52. The van der Waals surface area contributed by atoms with Crippen molar-refractivity contribution < 1.29 is 9.90 Å². The van der Waals surface area contributed by atoms with Gasteiger partial charge in [0.25, 0.3) is 0 Å². The number of hydrogen-bond donors (Lipinski definition) is 1. The summed E-state index contributed by atoms with van der Waals surface area (Å²) in [6.07, 6.45) is -0.769. The van der Waals surface area contributed by atoms with Gasteiger partial charge in [0.05, 0.1) is 24.4 Å². The molecule has 0 saturated carbocycles. The molecular weight excluding hydrogens is 318 g/mol. The molecule has 25 heavy (non-hydrogen) atoms. The highest BCUT2D eigenvalue weighted by atomic mass is 16.3. The number of aliphatic hydroxyl groups excluding tert-OH is 1. The van der Waals surface area contributed by atoms with Gasteiger partial charge in [-0.25, -0.2) is 0 Å². The van der Waals surface area contributed by atoms with E-state index in [1.54, 1.807) is 14.1 Å². The van der Waals surface area contributed by atoms with E-state index in [0.717, 1.165) is 38.4 Å². The summed E-state index contributed by atoms with van der Waals surface area (Å²) in [4.78, 5) is 18.0. The first kappa shape index (κ1) is 19.9. The van der Waals surface area contributed by atoms with Crippen LogP contribution < -0.4 is 0 Å². The summed E-state index contributed by atoms with van der Waals surface area (Å²) in [5.41, 5.74) is 1.92. The molecule has 1 aliphatic rings. The highest BCUT2D eigenvalue weighted by molar-refractivity contribution is 5.76. The maximum Gasteiger partial charge on any atom is 0.225 e. The number of aliphatic hydroxyl groups is 1. The number of amides is 1. The first-order valence-corrected chi connectivity index (χ1v) is 8.89. The average Bonchev–Trinajstić information content (AvgIpc) is 2.88. The molecule has 2 heterocycles. The molecule has 1 aliphatic heterocycles. The van der Waals surface area contributed by atoms with Crippen LogP contribution in [0.4, 0.5) is 0 Å². The van der Waals surface area contributed by atoms with Crippen molar-refractivity contribution in [1.29, 1.82) is 0 Å². The molecule has 142 valence electrons. The van der Waals surface area contributed by atoms with Gasteiger partial charge in [0, 0.05) is 40.3 Å². The zero-order chi connectivity index (χ0) is 18.8. The Morgan fingerprint density at radius 1 is 1.32 bits per heavy atom. The minimum absolute atomic E-state index is 0.0725. The number of nitrogens with zero attached hydrogens (tertiary/aromatic N) is 5. The topological polar surface area (TPSA) is 64.8 Å². The third-order valence-electron chi connectivity index (χ3n) is 4.50. The smallest absolute Gasteiger partial charge is 0.225 e. The van der Waals surface area contributed by atoms with Crippen molar-refractivity contribution >= 4 is 5.91 Å². The van der Waals surface area contributed by atoms with Gasteiger partial charge in [-0.2, -0.15) is 5.10 Å². The van der Waals surface area contributed by atoms with Crippen molar-refractivity contribution in [3.05, 3.63) is 17.5 Å². The second-order valence-corrected chi connectivity index (χ2v) is 8.40. The van der Waals surface area contributed by atoms with Gasteiger partial charge in [0.2, 0.25) is 5.91 Å². The summed E-state index contributed by atoms with van der Waals surface area (Å²) in [5, 5.41) is 14.8. The van der Waals surface area contributed by atoms with Gasteiger partial charge in [0.1, 0.15) is 6.10 Å². The van der Waals surface area contributed by atoms with Crippen LogP contribution in [0.15, 0.2) is 6.07 Å². The van der Waals surface area contributed by atoms with Crippen molar-refractivity contribution in [3.63, 3.8) is 0 Å². The van der Waals surface area contributed by atoms with Crippen LogP contribution in [-0.4, -0.2) is 83.3 Å². The van der Waals surface area contributed by atoms with E-state index >= 15 is 0 Å². The van der Waals surface area contributed by atoms with Gasteiger partial charge in [-0.15, -0.1) is 0 Å². The molecule has 0 saturated heterocycles. The monoisotopic (exact) mass is 351 g/mol. The van der Waals surface area contributed by atoms with Crippen molar-refractivity contribution in [2.24, 2.45) is 5.41 Å². The molecule has 1 unspecified atom stereocenters. The second kappa shape index (κ2) is 7.85. The second-order valence-electron chi connectivity index (χ2n) is 8.40. The summed E-state index contributed by atoms with van der Waals surface area (Å²) in [5.74, 6) is -0.0921. The molecule has 1 N–H and O–H groups in total. The lowest BCUT2D eigenvalue weighted by Crippen LogP contribution is -2.43. The molecule has 0 bridgehead atoms. The Bertz CT molecular complexity index is 594. The number of hydrogen-bond acceptors (Lipinski definition) is 5. The van der Waals surface area contributed by atoms with E-state index in [0.29, 0.717) is 5.69 Å². The van der Waals surface area contributed by atoms with Crippen molar-refractivity contribution in [1.82, 2.24) is 24.5 Å². The average molecular weight is 351 g/mol. The fraction of sp³-hybridized carbons (Fsp3) is 0.778. The van der Waals surface area contributed by atoms with Gasteiger partial charge in [0.15, 0.2) is 0 Å². The third-order valence-corrected chi connectivity index (χ3v) is 4.50. The Hall–Kier alpha value is -1.44. The fourth-order valence-corrected chi connectivity index (χ4v) is 3.60. The van der Waals surface area contributed by atoms with Crippen LogP contribution in [0.5, 0.6) is 0 Å². The van der Waals surface area contributed by atoms with Crippen molar-refractivity contribution in [3.8, 4) is 0 Å². The van der Waals surface area contributed by atoms with Crippen molar-refractivity contribution in [2.45, 2.75) is 39.5 Å². The Labute approximate surface area is 151 Å². The molecule has 1 atom stereocenters. The lowest BCUT2D eigenvalue weighted by Gasteiger charge is -2.36. The minimum atomic E-state index is -0.841. The van der Waals surface area contributed by atoms with Gasteiger partial charge in [-0.05, 0) is 25.6 Å². The van der Waals surface area contributed by atoms with Crippen LogP contribution in [0, 0.1) is 5.41 Å². The predicted molar refractivity (Wildman–Crippen MR) is 98.1 cm³/mol. The van der Waals surface area contributed by atoms with Crippen LogP contribution in [0.3, 0.4) is 0 Å². The van der Waals surface area contributed by atoms with E-state index < -0.39 is 6.10 Å². The highest BCUT2D eigenvalue weighted by Crippen LogP contribution is 2.24. The number of rotatable bonds is 7. The maximum absolute atomic E-state index is 11.8. The van der Waals surface area contributed by atoms with Crippen LogP contribution in [0.2, 0.25) is 0 Å². The van der Waals surface area contributed by atoms with Crippen LogP contribution in [0.1, 0.15) is 37.8 Å². The Balaban J connectivity index is 2.00. The summed E-state index contributed by atoms with van der Waals surface area (Å²) in [6, 6.07) is 1.94. The standard InChI is InChI=1S/C18H33N5O2/c1-18(2,12-20(3)4)13-22-7-8-23-14(11-22)9-15(19-23)16(24)10-17(25)21(5)6/h9,16,24H,7-8,10-13H2,1-6H3. The van der Waals surface area contributed by atoms with E-state index in [2.05, 4.69) is 42.8 Å². The molecule has 0 aliphatic carbocycles. The van der Waals surface area contributed by atoms with E-state index in [-0.39, 0.29) is 17.7 Å². The molecular formula is C18H33N5O2. The van der Waals surface area contributed by atoms with Gasteiger partial charge >= 0.3 is 0 Å². The molecule has 1 aromatic rings. The summed E-state index contributed by atoms with van der Waals surface area (Å²) < 4.78 is 1.97. The van der Waals surface area contributed by atoms with Gasteiger partial charge in [-0.1, -0.05) is 13.8 Å². The van der Waals surface area contributed by atoms with E-state index in [4.69, 9.17) is 0 Å². The van der Waals surface area contributed by atoms with Crippen molar-refractivity contribution in [2.75, 3.05) is 47.8 Å². The summed E-state index contributed by atoms with van der Waals surface area (Å²) >= 11 is 0. The lowest BCUT2D eigenvalue weighted by molar-refractivity contribution is -0.130. The first-order valence-electron chi connectivity index (χ1n) is 8.89. The predicted octanol–water partition coefficient (Wildman–Crippen LogP) is 0.798. The van der Waals surface area contributed by atoms with Crippen LogP contribution >= 0.6 is 0 Å². The first-order chi connectivity index (χ1) is 11.6. The number of carbonyl (C=O) groups is 1.